The average Bonchev–Trinajstić information content (AvgIpc) is 2.76. The zero-order valence-electron chi connectivity index (χ0n) is 16.1. The van der Waals surface area contributed by atoms with E-state index in [-0.39, 0.29) is 0 Å². The Labute approximate surface area is 197 Å². The first-order chi connectivity index (χ1) is 14.8. The molecule has 1 aliphatic heterocycles. The van der Waals surface area contributed by atoms with Crippen LogP contribution in [0.15, 0.2) is 72.8 Å². The summed E-state index contributed by atoms with van der Waals surface area (Å²) in [6, 6.07) is 20.3. The van der Waals surface area contributed by atoms with Gasteiger partial charge in [-0.15, -0.1) is 0 Å². The first-order valence-corrected chi connectivity index (χ1v) is 14.0. The molecule has 0 radical (unpaired) electrons. The van der Waals surface area contributed by atoms with E-state index in [0.717, 1.165) is 0 Å². The smallest absolute Gasteiger partial charge is 0.207 e. The molecule has 4 N–H and O–H groups in total. The lowest BCUT2D eigenvalue weighted by atomic mass is 10.4. The molecular weight excluding hydrogens is 497 g/mol. The highest BCUT2D eigenvalue weighted by Gasteiger charge is 2.67. The highest BCUT2D eigenvalue weighted by Crippen LogP contribution is 2.73. The quantitative estimate of drug-likeness (QED) is 0.400. The summed E-state index contributed by atoms with van der Waals surface area (Å²) >= 11 is 18.1. The lowest BCUT2D eigenvalue weighted by molar-refractivity contribution is 0.0786. The molecule has 4 nitrogen and oxygen atoms in total. The van der Waals surface area contributed by atoms with Crippen LogP contribution in [0.2, 0.25) is 15.1 Å². The molecule has 0 saturated carbocycles. The Kier molecular flexibility index (Phi) is 6.97. The molecule has 1 heterocycles. The Balaban J connectivity index is 1.90. The third kappa shape index (κ3) is 4.04. The van der Waals surface area contributed by atoms with Crippen LogP contribution in [0.1, 0.15) is 0 Å². The molecule has 1 saturated heterocycles. The number of halogens is 3. The molecule has 3 aromatic carbocycles. The monoisotopic (exact) mass is 515 g/mol. The van der Waals surface area contributed by atoms with Crippen LogP contribution < -0.4 is 15.9 Å². The van der Waals surface area contributed by atoms with Gasteiger partial charge in [-0.3, -0.25) is 0 Å². The second-order valence-corrected chi connectivity index (χ2v) is 14.6. The summed E-state index contributed by atoms with van der Waals surface area (Å²) in [7, 11) is -4.82. The summed E-state index contributed by atoms with van der Waals surface area (Å²) in [6.45, 7) is 0. The highest BCUT2D eigenvalue weighted by molar-refractivity contribution is 7.92. The molecule has 31 heavy (non-hydrogen) atoms. The molecule has 0 spiro atoms. The normalized spacial score (nSPS) is 27.8. The number of aliphatic hydroxyl groups is 4. The van der Waals surface area contributed by atoms with Gasteiger partial charge in [0.1, 0.15) is 29.6 Å². The van der Waals surface area contributed by atoms with Crippen molar-refractivity contribution in [1.29, 1.82) is 0 Å². The molecule has 1 fully saturated rings. The zero-order chi connectivity index (χ0) is 22.3. The molecular formula is C22H20Cl3O4P2+. The van der Waals surface area contributed by atoms with Crippen LogP contribution in [-0.2, 0) is 0 Å². The minimum absolute atomic E-state index is 0.503. The molecule has 4 rings (SSSR count). The van der Waals surface area contributed by atoms with Crippen LogP contribution in [0.3, 0.4) is 0 Å². The predicted octanol–water partition coefficient (Wildman–Crippen LogP) is 3.71. The van der Waals surface area contributed by atoms with E-state index in [1.165, 1.54) is 0 Å². The second kappa shape index (κ2) is 9.23. The summed E-state index contributed by atoms with van der Waals surface area (Å²) in [5.41, 5.74) is 0. The fourth-order valence-corrected chi connectivity index (χ4v) is 12.5. The standard InChI is InChI=1S/C22H20Cl3O4P2/c23-13-1-7-16(8-2-13)30-19(26)21(28)31(22(29)20(30)27,17-9-3-14(24)4-10-17)18-11-5-15(25)6-12-18/h1-12,19-22,26-29H/q+1. The third-order valence-corrected chi connectivity index (χ3v) is 13.9. The van der Waals surface area contributed by atoms with Crippen molar-refractivity contribution in [3.8, 4) is 0 Å². The van der Waals surface area contributed by atoms with Crippen molar-refractivity contribution >= 4 is 65.9 Å². The van der Waals surface area contributed by atoms with Gasteiger partial charge in [0, 0.05) is 15.1 Å². The number of rotatable bonds is 3. The molecule has 1 aliphatic rings. The molecule has 3 aromatic rings. The molecule has 9 heteroatoms. The Morgan fingerprint density at radius 2 is 0.871 bits per heavy atom. The maximum atomic E-state index is 11.6. The van der Waals surface area contributed by atoms with Crippen molar-refractivity contribution in [2.75, 3.05) is 0 Å². The fourth-order valence-electron chi connectivity index (χ4n) is 4.08. The SMILES string of the molecule is OC1C(O)[P+](c2ccc(Cl)cc2)(c2ccc(Cl)cc2)C(O)C(O)P1c1ccc(Cl)cc1. The van der Waals surface area contributed by atoms with Gasteiger partial charge >= 0.3 is 0 Å². The van der Waals surface area contributed by atoms with Gasteiger partial charge in [0.15, 0.2) is 0 Å². The van der Waals surface area contributed by atoms with Gasteiger partial charge < -0.3 is 20.4 Å². The number of hydrogen-bond donors (Lipinski definition) is 4. The van der Waals surface area contributed by atoms with E-state index in [1.807, 2.05) is 0 Å². The van der Waals surface area contributed by atoms with E-state index < -0.39 is 38.6 Å². The minimum Gasteiger partial charge on any atom is -0.381 e. The number of aliphatic hydroxyl groups excluding tert-OH is 4. The van der Waals surface area contributed by atoms with E-state index in [2.05, 4.69) is 0 Å². The van der Waals surface area contributed by atoms with E-state index in [9.17, 15) is 20.4 Å². The second-order valence-electron chi connectivity index (χ2n) is 7.27. The van der Waals surface area contributed by atoms with Crippen molar-refractivity contribution in [3.05, 3.63) is 87.9 Å². The third-order valence-electron chi connectivity index (χ3n) is 5.57. The van der Waals surface area contributed by atoms with Crippen LogP contribution >= 0.6 is 50.0 Å². The van der Waals surface area contributed by atoms with Crippen molar-refractivity contribution in [2.24, 2.45) is 0 Å². The van der Waals surface area contributed by atoms with Crippen LogP contribution in [0.25, 0.3) is 0 Å². The van der Waals surface area contributed by atoms with Crippen LogP contribution in [0.5, 0.6) is 0 Å². The first kappa shape index (κ1) is 23.4. The van der Waals surface area contributed by atoms with Gasteiger partial charge in [-0.05, 0) is 73.9 Å². The molecule has 4 unspecified atom stereocenters. The minimum atomic E-state index is -3.11. The van der Waals surface area contributed by atoms with Gasteiger partial charge in [0.05, 0.1) is 0 Å². The maximum absolute atomic E-state index is 11.6. The molecule has 0 aromatic heterocycles. The predicted molar refractivity (Wildman–Crippen MR) is 131 cm³/mol. The molecule has 0 aliphatic carbocycles. The van der Waals surface area contributed by atoms with Gasteiger partial charge in [-0.2, -0.15) is 0 Å². The topological polar surface area (TPSA) is 80.9 Å². The maximum Gasteiger partial charge on any atom is 0.207 e. The van der Waals surface area contributed by atoms with Crippen LogP contribution in [0, 0.1) is 0 Å². The lowest BCUT2D eigenvalue weighted by Gasteiger charge is -2.46. The molecule has 4 atom stereocenters. The first-order valence-electron chi connectivity index (χ1n) is 9.43. The average molecular weight is 517 g/mol. The molecule has 162 valence electrons. The van der Waals surface area contributed by atoms with E-state index in [4.69, 9.17) is 34.8 Å². The summed E-state index contributed by atoms with van der Waals surface area (Å²) in [5.74, 6) is -5.16. The van der Waals surface area contributed by atoms with Gasteiger partial charge in [0.25, 0.3) is 0 Å². The highest BCUT2D eigenvalue weighted by atomic mass is 35.5. The largest absolute Gasteiger partial charge is 0.381 e. The number of hydrogen-bond acceptors (Lipinski definition) is 4. The van der Waals surface area contributed by atoms with Crippen molar-refractivity contribution < 1.29 is 20.4 Å². The lowest BCUT2D eigenvalue weighted by Crippen LogP contribution is -2.53. The van der Waals surface area contributed by atoms with Crippen LogP contribution in [0.4, 0.5) is 0 Å². The zero-order valence-corrected chi connectivity index (χ0v) is 20.1. The van der Waals surface area contributed by atoms with Crippen molar-refractivity contribution in [2.45, 2.75) is 23.4 Å². The fraction of sp³-hybridized carbons (Fsp3) is 0.182. The van der Waals surface area contributed by atoms with Crippen LogP contribution in [-0.4, -0.2) is 43.8 Å². The number of benzene rings is 3. The summed E-state index contributed by atoms with van der Waals surface area (Å²) < 4.78 is 0. The Bertz CT molecular complexity index is 984. The van der Waals surface area contributed by atoms with E-state index in [0.29, 0.717) is 31.0 Å². The Morgan fingerprint density at radius 3 is 1.23 bits per heavy atom. The molecule has 0 bridgehead atoms. The van der Waals surface area contributed by atoms with Gasteiger partial charge in [0.2, 0.25) is 11.7 Å². The van der Waals surface area contributed by atoms with E-state index >= 15 is 0 Å². The summed E-state index contributed by atoms with van der Waals surface area (Å²) in [5, 5.41) is 49.1. The van der Waals surface area contributed by atoms with Crippen molar-refractivity contribution in [1.82, 2.24) is 0 Å². The van der Waals surface area contributed by atoms with Crippen molar-refractivity contribution in [3.63, 3.8) is 0 Å². The van der Waals surface area contributed by atoms with Gasteiger partial charge in [-0.1, -0.05) is 46.9 Å². The Hall–Kier alpha value is -0.770. The summed E-state index contributed by atoms with van der Waals surface area (Å²) in [4.78, 5) is 0. The van der Waals surface area contributed by atoms with Gasteiger partial charge in [-0.25, -0.2) is 0 Å². The van der Waals surface area contributed by atoms with E-state index in [1.54, 1.807) is 72.8 Å². The molecule has 0 amide bonds. The Morgan fingerprint density at radius 1 is 0.548 bits per heavy atom. The summed E-state index contributed by atoms with van der Waals surface area (Å²) in [6.07, 6.45) is 0.